The van der Waals surface area contributed by atoms with E-state index in [-0.39, 0.29) is 5.91 Å². The Hall–Kier alpha value is -1.20. The number of thiazole rings is 1. The molecule has 1 heterocycles. The van der Waals surface area contributed by atoms with Crippen LogP contribution in [0.2, 0.25) is 0 Å². The van der Waals surface area contributed by atoms with Crippen LogP contribution in [0.4, 0.5) is 0 Å². The van der Waals surface area contributed by atoms with Crippen LogP contribution in [0.15, 0.2) is 18.0 Å². The van der Waals surface area contributed by atoms with Gasteiger partial charge >= 0.3 is 0 Å². The van der Waals surface area contributed by atoms with Crippen molar-refractivity contribution in [2.75, 3.05) is 13.1 Å². The van der Waals surface area contributed by atoms with Gasteiger partial charge in [-0.2, -0.15) is 0 Å². The van der Waals surface area contributed by atoms with E-state index in [0.29, 0.717) is 18.8 Å². The Kier molecular flexibility index (Phi) is 4.28. The van der Waals surface area contributed by atoms with Crippen LogP contribution in [0.1, 0.15) is 15.5 Å². The Morgan fingerprint density at radius 2 is 2.57 bits per heavy atom. The molecule has 1 aromatic rings. The van der Waals surface area contributed by atoms with Gasteiger partial charge in [-0.25, -0.2) is 4.98 Å². The highest BCUT2D eigenvalue weighted by Gasteiger charge is 2.08. The van der Waals surface area contributed by atoms with Crippen molar-refractivity contribution in [3.63, 3.8) is 0 Å². The molecule has 4 nitrogen and oxygen atoms in total. The lowest BCUT2D eigenvalue weighted by molar-refractivity contribution is 0.0953. The molecular formula is C9H13N3OS. The second-order valence-electron chi connectivity index (χ2n) is 2.66. The van der Waals surface area contributed by atoms with E-state index < -0.39 is 0 Å². The number of hydrogen-bond donors (Lipinski definition) is 2. The van der Waals surface area contributed by atoms with Crippen molar-refractivity contribution < 1.29 is 4.79 Å². The van der Waals surface area contributed by atoms with Crippen LogP contribution >= 0.6 is 11.3 Å². The van der Waals surface area contributed by atoms with Crippen LogP contribution in [0.3, 0.4) is 0 Å². The van der Waals surface area contributed by atoms with Crippen LogP contribution in [0, 0.1) is 0 Å². The molecule has 1 amide bonds. The summed E-state index contributed by atoms with van der Waals surface area (Å²) < 4.78 is 0. The lowest BCUT2D eigenvalue weighted by Crippen LogP contribution is -2.23. The van der Waals surface area contributed by atoms with E-state index >= 15 is 0 Å². The highest BCUT2D eigenvalue weighted by molar-refractivity contribution is 7.09. The quantitative estimate of drug-likeness (QED) is 0.699. The number of nitrogens with one attached hydrogen (secondary N) is 1. The Balaban J connectivity index is 2.57. The predicted molar refractivity (Wildman–Crippen MR) is 57.4 cm³/mol. The number of nitrogens with two attached hydrogens (primary N) is 1. The molecule has 0 unspecified atom stereocenters. The van der Waals surface area contributed by atoms with Crippen molar-refractivity contribution in [1.29, 1.82) is 0 Å². The third kappa shape index (κ3) is 2.93. The SMILES string of the molecule is C=CCNC(=O)c1csc(CCN)n1. The predicted octanol–water partition coefficient (Wildman–Crippen LogP) is 0.560. The molecule has 0 aromatic carbocycles. The molecule has 0 spiro atoms. The van der Waals surface area contributed by atoms with Gasteiger partial charge < -0.3 is 11.1 Å². The van der Waals surface area contributed by atoms with Crippen LogP contribution in [0.25, 0.3) is 0 Å². The Morgan fingerprint density at radius 3 is 3.21 bits per heavy atom. The summed E-state index contributed by atoms with van der Waals surface area (Å²) in [7, 11) is 0. The minimum Gasteiger partial charge on any atom is -0.347 e. The number of aromatic nitrogens is 1. The van der Waals surface area contributed by atoms with Gasteiger partial charge in [0.25, 0.3) is 5.91 Å². The van der Waals surface area contributed by atoms with Crippen LogP contribution < -0.4 is 11.1 Å². The van der Waals surface area contributed by atoms with Gasteiger partial charge in [-0.05, 0) is 6.54 Å². The van der Waals surface area contributed by atoms with Crippen LogP contribution in [0.5, 0.6) is 0 Å². The van der Waals surface area contributed by atoms with Crippen LogP contribution in [-0.4, -0.2) is 24.0 Å². The summed E-state index contributed by atoms with van der Waals surface area (Å²) in [4.78, 5) is 15.5. The Labute approximate surface area is 86.8 Å². The summed E-state index contributed by atoms with van der Waals surface area (Å²) in [6.45, 7) is 4.53. The highest BCUT2D eigenvalue weighted by atomic mass is 32.1. The van der Waals surface area contributed by atoms with E-state index in [0.717, 1.165) is 11.4 Å². The molecule has 5 heteroatoms. The van der Waals surface area contributed by atoms with E-state index in [1.54, 1.807) is 11.5 Å². The number of carbonyl (C=O) groups is 1. The van der Waals surface area contributed by atoms with Gasteiger partial charge in [-0.15, -0.1) is 17.9 Å². The molecule has 1 aromatic heterocycles. The first-order valence-electron chi connectivity index (χ1n) is 4.31. The summed E-state index contributed by atoms with van der Waals surface area (Å²) in [5, 5.41) is 5.30. The van der Waals surface area contributed by atoms with Crippen molar-refractivity contribution in [1.82, 2.24) is 10.3 Å². The largest absolute Gasteiger partial charge is 0.347 e. The third-order valence-electron chi connectivity index (χ3n) is 1.55. The summed E-state index contributed by atoms with van der Waals surface area (Å²) in [6, 6.07) is 0. The lowest BCUT2D eigenvalue weighted by Gasteiger charge is -1.96. The minimum atomic E-state index is -0.163. The fraction of sp³-hybridized carbons (Fsp3) is 0.333. The van der Waals surface area contributed by atoms with Crippen molar-refractivity contribution >= 4 is 17.2 Å². The van der Waals surface area contributed by atoms with E-state index in [1.165, 1.54) is 11.3 Å². The molecule has 76 valence electrons. The molecule has 0 saturated carbocycles. The molecule has 0 atom stereocenters. The topological polar surface area (TPSA) is 68.0 Å². The van der Waals surface area contributed by atoms with Crippen molar-refractivity contribution in [2.45, 2.75) is 6.42 Å². The van der Waals surface area contributed by atoms with E-state index in [4.69, 9.17) is 5.73 Å². The molecule has 0 aliphatic carbocycles. The van der Waals surface area contributed by atoms with Crippen molar-refractivity contribution in [3.8, 4) is 0 Å². The Bertz CT molecular complexity index is 322. The van der Waals surface area contributed by atoms with Crippen LogP contribution in [-0.2, 0) is 6.42 Å². The third-order valence-corrected chi connectivity index (χ3v) is 2.46. The van der Waals surface area contributed by atoms with Gasteiger partial charge in [0.15, 0.2) is 0 Å². The molecule has 0 bridgehead atoms. The first-order chi connectivity index (χ1) is 6.77. The molecule has 0 fully saturated rings. The average Bonchev–Trinajstić information content (AvgIpc) is 2.63. The van der Waals surface area contributed by atoms with E-state index in [9.17, 15) is 4.79 Å². The zero-order valence-corrected chi connectivity index (χ0v) is 8.64. The van der Waals surface area contributed by atoms with Gasteiger partial charge in [0, 0.05) is 18.3 Å². The maximum absolute atomic E-state index is 11.4. The molecule has 0 aliphatic heterocycles. The number of amides is 1. The molecular weight excluding hydrogens is 198 g/mol. The minimum absolute atomic E-state index is 0.163. The first-order valence-corrected chi connectivity index (χ1v) is 5.19. The number of rotatable bonds is 5. The fourth-order valence-electron chi connectivity index (χ4n) is 0.909. The normalized spacial score (nSPS) is 9.79. The fourth-order valence-corrected chi connectivity index (χ4v) is 1.70. The summed E-state index contributed by atoms with van der Waals surface area (Å²) in [5.74, 6) is -0.163. The van der Waals surface area contributed by atoms with Gasteiger partial charge in [0.1, 0.15) is 5.69 Å². The van der Waals surface area contributed by atoms with Crippen molar-refractivity contribution in [3.05, 3.63) is 28.7 Å². The zero-order chi connectivity index (χ0) is 10.4. The number of nitrogens with zero attached hydrogens (tertiary/aromatic N) is 1. The maximum Gasteiger partial charge on any atom is 0.271 e. The summed E-state index contributed by atoms with van der Waals surface area (Å²) >= 11 is 1.46. The van der Waals surface area contributed by atoms with E-state index in [1.807, 2.05) is 0 Å². The summed E-state index contributed by atoms with van der Waals surface area (Å²) in [6.07, 6.45) is 2.35. The van der Waals surface area contributed by atoms with Crippen molar-refractivity contribution in [2.24, 2.45) is 5.73 Å². The standard InChI is InChI=1S/C9H13N3OS/c1-2-5-11-9(13)7-6-14-8(12-7)3-4-10/h2,6H,1,3-5,10H2,(H,11,13). The van der Waals surface area contributed by atoms with E-state index in [2.05, 4.69) is 16.9 Å². The molecule has 3 N–H and O–H groups in total. The molecule has 14 heavy (non-hydrogen) atoms. The monoisotopic (exact) mass is 211 g/mol. The zero-order valence-electron chi connectivity index (χ0n) is 7.82. The summed E-state index contributed by atoms with van der Waals surface area (Å²) in [5.41, 5.74) is 5.84. The average molecular weight is 211 g/mol. The maximum atomic E-state index is 11.4. The molecule has 1 rings (SSSR count). The second kappa shape index (κ2) is 5.51. The second-order valence-corrected chi connectivity index (χ2v) is 3.61. The van der Waals surface area contributed by atoms with Gasteiger partial charge in [0.05, 0.1) is 5.01 Å². The molecule has 0 aliphatic rings. The number of hydrogen-bond acceptors (Lipinski definition) is 4. The molecule has 0 radical (unpaired) electrons. The smallest absolute Gasteiger partial charge is 0.271 e. The number of carbonyl (C=O) groups excluding carboxylic acids is 1. The molecule has 0 saturated heterocycles. The van der Waals surface area contributed by atoms with Gasteiger partial charge in [-0.3, -0.25) is 4.79 Å². The Morgan fingerprint density at radius 1 is 1.79 bits per heavy atom. The lowest BCUT2D eigenvalue weighted by atomic mass is 10.4. The van der Waals surface area contributed by atoms with Gasteiger partial charge in [0.2, 0.25) is 0 Å². The highest BCUT2D eigenvalue weighted by Crippen LogP contribution is 2.09. The first kappa shape index (κ1) is 10.9. The van der Waals surface area contributed by atoms with Gasteiger partial charge in [-0.1, -0.05) is 6.08 Å².